The summed E-state index contributed by atoms with van der Waals surface area (Å²) in [5.74, 6) is 0.582. The second kappa shape index (κ2) is 7.23. The number of hydrogen-bond donors (Lipinski definition) is 0. The van der Waals surface area contributed by atoms with E-state index in [4.69, 9.17) is 4.52 Å². The molecule has 4 heteroatoms. The van der Waals surface area contributed by atoms with Crippen molar-refractivity contribution in [3.63, 3.8) is 0 Å². The van der Waals surface area contributed by atoms with E-state index in [-0.39, 0.29) is 0 Å². The molecule has 0 aromatic heterocycles. The van der Waals surface area contributed by atoms with Crippen LogP contribution < -0.4 is 5.30 Å². The van der Waals surface area contributed by atoms with Crippen LogP contribution in [0, 0.1) is 5.92 Å². The van der Waals surface area contributed by atoms with Gasteiger partial charge >= 0.3 is 0 Å². The number of nitrogens with zero attached hydrogens (tertiary/aromatic N) is 1. The molecule has 116 valence electrons. The van der Waals surface area contributed by atoms with Gasteiger partial charge in [0.15, 0.2) is 0 Å². The quantitative estimate of drug-likeness (QED) is 0.699. The van der Waals surface area contributed by atoms with Crippen LogP contribution in [-0.4, -0.2) is 17.3 Å². The van der Waals surface area contributed by atoms with Gasteiger partial charge in [-0.25, -0.2) is 4.67 Å². The van der Waals surface area contributed by atoms with Crippen molar-refractivity contribution in [1.29, 1.82) is 0 Å². The lowest BCUT2D eigenvalue weighted by atomic mass is 10.1. The Kier molecular flexibility index (Phi) is 5.30. The third kappa shape index (κ3) is 3.44. The van der Waals surface area contributed by atoms with E-state index in [2.05, 4.69) is 89.0 Å². The maximum atomic E-state index is 6.21. The fraction of sp³-hybridized carbons (Fsp3) is 0.333. The highest BCUT2D eigenvalue weighted by molar-refractivity contribution is 9.10. The standard InChI is InChI=1S/C18H21BrNOP/c1-14(2)18-13-21-22(16-9-4-3-5-10-16)20(18)12-15-8-6-7-11-17(15)19/h3-11,14,18H,12-13H2,1-2H3/t18-,22?/m0/s1. The molecule has 1 heterocycles. The van der Waals surface area contributed by atoms with E-state index in [1.165, 1.54) is 15.3 Å². The Morgan fingerprint density at radius 2 is 1.82 bits per heavy atom. The van der Waals surface area contributed by atoms with Gasteiger partial charge in [-0.2, -0.15) is 0 Å². The zero-order valence-corrected chi connectivity index (χ0v) is 15.4. The molecule has 0 spiro atoms. The van der Waals surface area contributed by atoms with Crippen LogP contribution in [0.3, 0.4) is 0 Å². The van der Waals surface area contributed by atoms with E-state index >= 15 is 0 Å². The molecule has 0 amide bonds. The molecule has 0 aliphatic carbocycles. The molecule has 22 heavy (non-hydrogen) atoms. The first-order chi connectivity index (χ1) is 10.7. The Morgan fingerprint density at radius 1 is 1.14 bits per heavy atom. The monoisotopic (exact) mass is 377 g/mol. The lowest BCUT2D eigenvalue weighted by molar-refractivity contribution is 0.250. The second-order valence-corrected chi connectivity index (χ2v) is 8.59. The minimum Gasteiger partial charge on any atom is -0.338 e. The average molecular weight is 378 g/mol. The minimum absolute atomic E-state index is 0.471. The van der Waals surface area contributed by atoms with Gasteiger partial charge < -0.3 is 4.52 Å². The molecule has 1 fully saturated rings. The zero-order chi connectivity index (χ0) is 15.5. The highest BCUT2D eigenvalue weighted by Crippen LogP contribution is 2.50. The third-order valence-electron chi connectivity index (χ3n) is 4.02. The van der Waals surface area contributed by atoms with E-state index in [0.717, 1.165) is 13.2 Å². The highest BCUT2D eigenvalue weighted by Gasteiger charge is 2.37. The van der Waals surface area contributed by atoms with E-state index in [0.29, 0.717) is 12.0 Å². The predicted molar refractivity (Wildman–Crippen MR) is 97.3 cm³/mol. The summed E-state index contributed by atoms with van der Waals surface area (Å²) in [6.45, 7) is 6.31. The molecule has 2 aromatic carbocycles. The third-order valence-corrected chi connectivity index (χ3v) is 6.83. The summed E-state index contributed by atoms with van der Waals surface area (Å²) in [6.07, 6.45) is 0. The van der Waals surface area contributed by atoms with Crippen molar-refractivity contribution < 1.29 is 4.52 Å². The summed E-state index contributed by atoms with van der Waals surface area (Å²) < 4.78 is 9.94. The van der Waals surface area contributed by atoms with Crippen LogP contribution in [0.5, 0.6) is 0 Å². The van der Waals surface area contributed by atoms with Gasteiger partial charge in [0.2, 0.25) is 0 Å². The molecule has 2 nitrogen and oxygen atoms in total. The molecular formula is C18H21BrNOP. The summed E-state index contributed by atoms with van der Waals surface area (Å²) in [5.41, 5.74) is 1.32. The van der Waals surface area contributed by atoms with Crippen molar-refractivity contribution in [2.24, 2.45) is 5.92 Å². The van der Waals surface area contributed by atoms with E-state index in [1.54, 1.807) is 0 Å². The number of halogens is 1. The first-order valence-corrected chi connectivity index (χ1v) is 9.65. The molecule has 1 saturated heterocycles. The summed E-state index contributed by atoms with van der Waals surface area (Å²) in [7, 11) is -0.699. The van der Waals surface area contributed by atoms with Gasteiger partial charge in [0, 0.05) is 22.4 Å². The molecule has 0 N–H and O–H groups in total. The average Bonchev–Trinajstić information content (AvgIpc) is 2.94. The van der Waals surface area contributed by atoms with Crippen LogP contribution in [0.25, 0.3) is 0 Å². The van der Waals surface area contributed by atoms with Crippen LogP contribution >= 0.6 is 24.2 Å². The molecule has 1 unspecified atom stereocenters. The molecule has 0 radical (unpaired) electrons. The Hall–Kier alpha value is -0.730. The van der Waals surface area contributed by atoms with E-state index in [1.807, 2.05) is 0 Å². The normalized spacial score (nSPS) is 22.4. The second-order valence-electron chi connectivity index (χ2n) is 5.90. The Balaban J connectivity index is 1.89. The predicted octanol–water partition coefficient (Wildman–Crippen LogP) is 4.94. The van der Waals surface area contributed by atoms with Crippen LogP contribution in [0.4, 0.5) is 0 Å². The SMILES string of the molecule is CC(C)[C@@H]1COP(c2ccccc2)N1Cc1ccccc1Br. The molecule has 3 rings (SSSR count). The summed E-state index contributed by atoms with van der Waals surface area (Å²) in [5, 5.41) is 1.30. The number of benzene rings is 2. The number of hydrogen-bond acceptors (Lipinski definition) is 2. The smallest absolute Gasteiger partial charge is 0.138 e. The van der Waals surface area contributed by atoms with Gasteiger partial charge in [0.1, 0.15) is 8.30 Å². The number of rotatable bonds is 4. The van der Waals surface area contributed by atoms with Crippen molar-refractivity contribution >= 4 is 29.5 Å². The Morgan fingerprint density at radius 3 is 2.50 bits per heavy atom. The fourth-order valence-corrected chi connectivity index (χ4v) is 5.35. The summed E-state index contributed by atoms with van der Waals surface area (Å²) in [6, 6.07) is 19.6. The van der Waals surface area contributed by atoms with Gasteiger partial charge in [-0.1, -0.05) is 78.3 Å². The fourth-order valence-electron chi connectivity index (χ4n) is 2.74. The van der Waals surface area contributed by atoms with Crippen LogP contribution in [0.1, 0.15) is 19.4 Å². The van der Waals surface area contributed by atoms with Crippen molar-refractivity contribution in [3.8, 4) is 0 Å². The maximum Gasteiger partial charge on any atom is 0.138 e. The molecule has 0 bridgehead atoms. The Labute approximate surface area is 142 Å². The molecule has 2 atom stereocenters. The maximum absolute atomic E-state index is 6.21. The summed E-state index contributed by atoms with van der Waals surface area (Å²) >= 11 is 3.68. The minimum atomic E-state index is -0.699. The highest BCUT2D eigenvalue weighted by atomic mass is 79.9. The molecule has 1 aliphatic heterocycles. The van der Waals surface area contributed by atoms with Crippen LogP contribution in [-0.2, 0) is 11.1 Å². The van der Waals surface area contributed by atoms with Crippen LogP contribution in [0.2, 0.25) is 0 Å². The van der Waals surface area contributed by atoms with Gasteiger partial charge in [-0.15, -0.1) is 0 Å². The van der Waals surface area contributed by atoms with Gasteiger partial charge in [-0.05, 0) is 17.5 Å². The largest absolute Gasteiger partial charge is 0.338 e. The van der Waals surface area contributed by atoms with Gasteiger partial charge in [-0.3, -0.25) is 0 Å². The topological polar surface area (TPSA) is 12.5 Å². The molecule has 2 aromatic rings. The van der Waals surface area contributed by atoms with Crippen LogP contribution in [0.15, 0.2) is 59.1 Å². The van der Waals surface area contributed by atoms with Crippen molar-refractivity contribution in [3.05, 3.63) is 64.6 Å². The lowest BCUT2D eigenvalue weighted by Gasteiger charge is -2.30. The lowest BCUT2D eigenvalue weighted by Crippen LogP contribution is -2.33. The van der Waals surface area contributed by atoms with Gasteiger partial charge in [0.05, 0.1) is 6.61 Å². The molecule has 0 saturated carbocycles. The molecular weight excluding hydrogens is 357 g/mol. The van der Waals surface area contributed by atoms with Crippen molar-refractivity contribution in [1.82, 2.24) is 4.67 Å². The van der Waals surface area contributed by atoms with Crippen molar-refractivity contribution in [2.75, 3.05) is 6.61 Å². The van der Waals surface area contributed by atoms with Gasteiger partial charge in [0.25, 0.3) is 0 Å². The Bertz CT molecular complexity index is 619. The first kappa shape index (κ1) is 16.1. The summed E-state index contributed by atoms with van der Waals surface area (Å²) in [4.78, 5) is 0. The zero-order valence-electron chi connectivity index (χ0n) is 12.9. The first-order valence-electron chi connectivity index (χ1n) is 7.65. The molecule has 1 aliphatic rings. The van der Waals surface area contributed by atoms with E-state index in [9.17, 15) is 0 Å². The van der Waals surface area contributed by atoms with E-state index < -0.39 is 8.30 Å². The van der Waals surface area contributed by atoms with Crippen molar-refractivity contribution in [2.45, 2.75) is 26.4 Å².